The van der Waals surface area contributed by atoms with Crippen molar-refractivity contribution in [2.24, 2.45) is 0 Å². The van der Waals surface area contributed by atoms with E-state index in [-0.39, 0.29) is 0 Å². The van der Waals surface area contributed by atoms with Crippen molar-refractivity contribution in [1.82, 2.24) is 92.5 Å². The van der Waals surface area contributed by atoms with Crippen LogP contribution in [0, 0.1) is 0 Å². The molecule has 0 bridgehead atoms. The molecule has 0 amide bonds. The molecule has 0 unspecified atom stereocenters. The van der Waals surface area contributed by atoms with Crippen LogP contribution in [0.5, 0.6) is 34.5 Å². The molecule has 0 spiro atoms. The number of aromatic nitrogens is 18. The molecule has 0 aliphatic heterocycles. The van der Waals surface area contributed by atoms with Crippen molar-refractivity contribution in [3.63, 3.8) is 0 Å². The molecule has 6 aromatic heterocycles. The number of ether oxygens (including phenoxy) is 12. The van der Waals surface area contributed by atoms with Crippen LogP contribution in [0.3, 0.4) is 0 Å². The second-order valence-corrected chi connectivity index (χ2v) is 25.2. The minimum Gasteiger partial charge on any atom is -0.490 e. The van der Waals surface area contributed by atoms with E-state index >= 15 is 0 Å². The van der Waals surface area contributed by atoms with E-state index in [0.29, 0.717) is 153 Å². The van der Waals surface area contributed by atoms with E-state index in [4.69, 9.17) is 56.8 Å². The standard InChI is InChI=1S/C72H102N18O12/c1(13-25-91-49-55-43-73-85-79-55)7-19-31-97-67-37-61-62(38-68(67)98-32-20-8-2-14-26-92-50-56-44-74-86-80-56)64-40-70(100-34-22-10-4-16-28-94-52-58-46-76-88-82-58)72(102-36-24-12-6-18-30-96-54-60-48-78-90-84-60)42-66(64)65-41-71(101-35-23-11-5-17-29-95-53-59-47-77-89-83-59)69(39-63(61)65)99-33-21-9-3-15-27-93-51-57-45-75-87-81-57/h37-48H,1-36,49-54H2,(H,73,79,85)(H,74,80,86)(H,75,81,87)(H,76,82,88)(H,77,83,89)(H,78,84,90). The van der Waals surface area contributed by atoms with Gasteiger partial charge in [-0.05, 0) is 184 Å². The Morgan fingerprint density at radius 2 is 0.333 bits per heavy atom. The van der Waals surface area contributed by atoms with Crippen LogP contribution in [0.1, 0.15) is 188 Å². The zero-order chi connectivity index (χ0) is 69.8. The molecule has 0 saturated carbocycles. The van der Waals surface area contributed by atoms with Gasteiger partial charge < -0.3 is 56.8 Å². The van der Waals surface area contributed by atoms with Crippen molar-refractivity contribution in [3.8, 4) is 34.5 Å². The molecule has 0 fully saturated rings. The van der Waals surface area contributed by atoms with E-state index in [9.17, 15) is 0 Å². The Morgan fingerprint density at radius 1 is 0.186 bits per heavy atom. The summed E-state index contributed by atoms with van der Waals surface area (Å²) in [5.41, 5.74) is 4.72. The molecule has 4 aromatic carbocycles. The third-order valence-electron chi connectivity index (χ3n) is 17.1. The van der Waals surface area contributed by atoms with Crippen LogP contribution in [0.4, 0.5) is 0 Å². The third-order valence-corrected chi connectivity index (χ3v) is 17.1. The molecule has 10 rings (SSSR count). The first-order valence-corrected chi connectivity index (χ1v) is 36.6. The Morgan fingerprint density at radius 3 is 0.471 bits per heavy atom. The van der Waals surface area contributed by atoms with E-state index in [1.54, 1.807) is 37.2 Å². The van der Waals surface area contributed by atoms with E-state index in [1.807, 2.05) is 0 Å². The third kappa shape index (κ3) is 27.1. The quantitative estimate of drug-likeness (QED) is 0.0152. The number of fused-ring (bicyclic) bond motifs is 6. The van der Waals surface area contributed by atoms with Crippen molar-refractivity contribution in [2.45, 2.75) is 194 Å². The SMILES string of the molecule is c1n[nH]nc1COCCCCCCOc1cc2c3cc(OCCCCCCOCc4cn[nH]n4)c(OCCCCCCOCc4cn[nH]n4)cc3c3cc(OCCCCCCOCc4cn[nH]n4)c(OCCCCCCOCc4cn[nH]n4)cc3c2cc1OCCCCCCOCc1cn[nH]n1. The minimum absolute atomic E-state index is 0.432. The molecule has 102 heavy (non-hydrogen) atoms. The second-order valence-electron chi connectivity index (χ2n) is 25.2. The van der Waals surface area contributed by atoms with Gasteiger partial charge in [0.2, 0.25) is 0 Å². The van der Waals surface area contributed by atoms with Crippen molar-refractivity contribution in [3.05, 3.63) is 108 Å². The Labute approximate surface area is 594 Å². The van der Waals surface area contributed by atoms with Gasteiger partial charge in [0, 0.05) is 39.6 Å². The summed E-state index contributed by atoms with van der Waals surface area (Å²) >= 11 is 0. The van der Waals surface area contributed by atoms with Gasteiger partial charge in [0.05, 0.1) is 116 Å². The highest BCUT2D eigenvalue weighted by molar-refractivity contribution is 6.27. The average molecular weight is 1410 g/mol. The molecular weight excluding hydrogens is 1310 g/mol. The van der Waals surface area contributed by atoms with E-state index in [1.165, 1.54) is 0 Å². The highest BCUT2D eigenvalue weighted by atomic mass is 16.5. The number of aromatic amines is 6. The number of rotatable bonds is 60. The number of nitrogens with zero attached hydrogens (tertiary/aromatic N) is 12. The zero-order valence-electron chi connectivity index (χ0n) is 58.9. The Kier molecular flexibility index (Phi) is 34.0. The maximum Gasteiger partial charge on any atom is 0.161 e. The number of hydrogen-bond donors (Lipinski definition) is 6. The molecule has 0 saturated heterocycles. The van der Waals surface area contributed by atoms with Crippen molar-refractivity contribution < 1.29 is 56.8 Å². The van der Waals surface area contributed by atoms with Crippen LogP contribution in [0.25, 0.3) is 32.3 Å². The van der Waals surface area contributed by atoms with Crippen LogP contribution in [-0.2, 0) is 68.1 Å². The Balaban J connectivity index is 0.916. The number of H-pyrrole nitrogens is 6. The summed E-state index contributed by atoms with van der Waals surface area (Å²) in [5, 5.41) is 69.7. The number of nitrogens with one attached hydrogen (secondary N) is 6. The zero-order valence-corrected chi connectivity index (χ0v) is 58.9. The largest absolute Gasteiger partial charge is 0.490 e. The maximum absolute atomic E-state index is 6.87. The van der Waals surface area contributed by atoms with Gasteiger partial charge in [0.15, 0.2) is 34.5 Å². The van der Waals surface area contributed by atoms with Gasteiger partial charge in [-0.15, -0.1) is 0 Å². The first-order chi connectivity index (χ1) is 50.7. The lowest BCUT2D eigenvalue weighted by atomic mass is 9.93. The Bertz CT molecular complexity index is 3100. The number of benzene rings is 4. The van der Waals surface area contributed by atoms with Crippen LogP contribution in [0.2, 0.25) is 0 Å². The van der Waals surface area contributed by atoms with Gasteiger partial charge in [-0.3, -0.25) is 0 Å². The highest BCUT2D eigenvalue weighted by Crippen LogP contribution is 2.47. The molecule has 0 atom stereocenters. The summed E-state index contributed by atoms with van der Waals surface area (Å²) in [6.45, 7) is 9.46. The van der Waals surface area contributed by atoms with Crippen molar-refractivity contribution >= 4 is 32.3 Å². The molecule has 0 aliphatic carbocycles. The van der Waals surface area contributed by atoms with Gasteiger partial charge in [-0.2, -0.15) is 92.5 Å². The average Bonchev–Trinajstić information content (AvgIpc) is 0.983. The molecule has 552 valence electrons. The van der Waals surface area contributed by atoms with E-state index in [0.717, 1.165) is 221 Å². The second kappa shape index (κ2) is 45.8. The summed E-state index contributed by atoms with van der Waals surface area (Å²) in [5.74, 6) is 4.07. The first-order valence-electron chi connectivity index (χ1n) is 36.6. The van der Waals surface area contributed by atoms with Crippen LogP contribution < -0.4 is 28.4 Å². The topological polar surface area (TPSA) is 360 Å². The van der Waals surface area contributed by atoms with Crippen LogP contribution in [-0.4, -0.2) is 172 Å². The predicted octanol–water partition coefficient (Wildman–Crippen LogP) is 12.8. The summed E-state index contributed by atoms with van der Waals surface area (Å²) in [4.78, 5) is 0. The lowest BCUT2D eigenvalue weighted by Gasteiger charge is -2.21. The van der Waals surface area contributed by atoms with Gasteiger partial charge in [0.1, 0.15) is 34.2 Å². The van der Waals surface area contributed by atoms with Crippen molar-refractivity contribution in [2.75, 3.05) is 79.3 Å². The maximum atomic E-state index is 6.87. The minimum atomic E-state index is 0.432. The van der Waals surface area contributed by atoms with Crippen molar-refractivity contribution in [1.29, 1.82) is 0 Å². The summed E-state index contributed by atoms with van der Waals surface area (Å²) < 4.78 is 76.4. The van der Waals surface area contributed by atoms with Gasteiger partial charge >= 0.3 is 0 Å². The normalized spacial score (nSPS) is 11.6. The summed E-state index contributed by atoms with van der Waals surface area (Å²) in [7, 11) is 0. The van der Waals surface area contributed by atoms with Crippen LogP contribution in [0.15, 0.2) is 73.6 Å². The molecule has 6 N–H and O–H groups in total. The van der Waals surface area contributed by atoms with Crippen LogP contribution >= 0.6 is 0 Å². The molecule has 0 aliphatic rings. The van der Waals surface area contributed by atoms with E-state index in [2.05, 4.69) is 129 Å². The fourth-order valence-corrected chi connectivity index (χ4v) is 11.6. The lowest BCUT2D eigenvalue weighted by Crippen LogP contribution is -2.05. The fraction of sp³-hybridized carbons (Fsp3) is 0.583. The van der Waals surface area contributed by atoms with Gasteiger partial charge in [-0.25, -0.2) is 0 Å². The molecule has 6 heterocycles. The monoisotopic (exact) mass is 1410 g/mol. The predicted molar refractivity (Wildman–Crippen MR) is 379 cm³/mol. The smallest absolute Gasteiger partial charge is 0.161 e. The molecule has 30 heteroatoms. The first kappa shape index (κ1) is 75.7. The fourth-order valence-electron chi connectivity index (χ4n) is 11.6. The summed E-state index contributed by atoms with van der Waals surface area (Å²) in [6.07, 6.45) is 32.6. The number of hydrogen-bond acceptors (Lipinski definition) is 24. The molecule has 0 radical (unpaired) electrons. The van der Waals surface area contributed by atoms with E-state index < -0.39 is 0 Å². The van der Waals surface area contributed by atoms with Gasteiger partial charge in [0.25, 0.3) is 0 Å². The number of unbranched alkanes of at least 4 members (excludes halogenated alkanes) is 18. The molecular formula is C72H102N18O12. The molecule has 30 nitrogen and oxygen atoms in total. The lowest BCUT2D eigenvalue weighted by molar-refractivity contribution is 0.113. The Hall–Kier alpha value is -8.94. The molecule has 10 aromatic rings. The summed E-state index contributed by atoms with van der Waals surface area (Å²) in [6, 6.07) is 13.0. The van der Waals surface area contributed by atoms with Gasteiger partial charge in [-0.1, -0.05) is 38.5 Å². The highest BCUT2D eigenvalue weighted by Gasteiger charge is 2.21.